The van der Waals surface area contributed by atoms with Crippen LogP contribution in [0.4, 0.5) is 36.4 Å². The Labute approximate surface area is 205 Å². The molecule has 1 aromatic heterocycles. The number of ether oxygens (including phenoxy) is 1. The molecule has 0 bridgehead atoms. The number of anilines is 1. The smallest absolute Gasteiger partial charge is 0.435 e. The van der Waals surface area contributed by atoms with Crippen LogP contribution in [0.15, 0.2) is 29.5 Å². The van der Waals surface area contributed by atoms with E-state index in [1.807, 2.05) is 0 Å². The summed E-state index contributed by atoms with van der Waals surface area (Å²) < 4.78 is 97.1. The molecule has 0 spiro atoms. The highest BCUT2D eigenvalue weighted by atomic mass is 35.5. The number of esters is 1. The maximum atomic E-state index is 14.3. The number of carbonyl (C=O) groups excluding carboxylic acids is 1. The van der Waals surface area contributed by atoms with E-state index in [1.165, 1.54) is 6.07 Å². The summed E-state index contributed by atoms with van der Waals surface area (Å²) in [5.41, 5.74) is -0.875. The first-order valence-electron chi connectivity index (χ1n) is 8.71. The molecule has 0 unspecified atom stereocenters. The molecule has 0 saturated carbocycles. The predicted octanol–water partition coefficient (Wildman–Crippen LogP) is 8.62. The Morgan fingerprint density at radius 2 is 1.62 bits per heavy atom. The van der Waals surface area contributed by atoms with Gasteiger partial charge in [0.05, 0.1) is 32.8 Å². The number of rotatable bonds is 7. The van der Waals surface area contributed by atoms with Crippen LogP contribution in [0, 0.1) is 5.53 Å². The molecule has 16 heteroatoms. The van der Waals surface area contributed by atoms with Crippen LogP contribution in [0.1, 0.15) is 27.7 Å². The third kappa shape index (κ3) is 5.42. The topological polar surface area (TPSA) is 74.5 Å². The number of thiophene rings is 1. The first-order chi connectivity index (χ1) is 15.6. The highest BCUT2D eigenvalue weighted by Gasteiger charge is 2.73. The van der Waals surface area contributed by atoms with Crippen molar-refractivity contribution < 1.29 is 40.3 Å². The highest BCUT2D eigenvalue weighted by molar-refractivity contribution is 7.17. The fourth-order valence-corrected chi connectivity index (χ4v) is 4.35. The molecule has 0 fully saturated rings. The van der Waals surface area contributed by atoms with Crippen molar-refractivity contribution in [3.8, 4) is 0 Å². The largest absolute Gasteiger partial charge is 0.462 e. The molecule has 0 aliphatic rings. The maximum Gasteiger partial charge on any atom is 0.435 e. The molecule has 2 rings (SSSR count). The fraction of sp³-hybridized carbons (Fsp3) is 0.278. The zero-order valence-electron chi connectivity index (χ0n) is 16.5. The van der Waals surface area contributed by atoms with Crippen LogP contribution < -0.4 is 5.32 Å². The predicted molar refractivity (Wildman–Crippen MR) is 113 cm³/mol. The molecule has 5 nitrogen and oxygen atoms in total. The lowest BCUT2D eigenvalue weighted by molar-refractivity contribution is -0.348. The summed E-state index contributed by atoms with van der Waals surface area (Å²) in [7, 11) is 0. The Kier molecular flexibility index (Phi) is 8.50. The zero-order chi connectivity index (χ0) is 26.1. The van der Waals surface area contributed by atoms with Crippen LogP contribution in [0.5, 0.6) is 0 Å². The highest BCUT2D eigenvalue weighted by Crippen LogP contribution is 2.54. The van der Waals surface area contributed by atoms with E-state index in [0.717, 1.165) is 17.5 Å². The van der Waals surface area contributed by atoms with Gasteiger partial charge in [-0.1, -0.05) is 34.8 Å². The molecule has 2 aromatic rings. The van der Waals surface area contributed by atoms with Crippen molar-refractivity contribution in [3.63, 3.8) is 0 Å². The van der Waals surface area contributed by atoms with E-state index in [-0.39, 0.29) is 39.2 Å². The van der Waals surface area contributed by atoms with Gasteiger partial charge in [0, 0.05) is 11.8 Å². The van der Waals surface area contributed by atoms with Crippen molar-refractivity contribution >= 4 is 63.5 Å². The second-order valence-corrected chi connectivity index (χ2v) is 8.74. The lowest BCUT2D eigenvalue weighted by Gasteiger charge is -2.30. The summed E-state index contributed by atoms with van der Waals surface area (Å²) in [4.78, 5) is 12.1. The molecule has 0 radical (unpaired) electrons. The first kappa shape index (κ1) is 28.1. The molecule has 1 aromatic carbocycles. The molecule has 34 heavy (non-hydrogen) atoms. The number of halogens is 10. The van der Waals surface area contributed by atoms with Crippen molar-refractivity contribution in [2.24, 2.45) is 5.11 Å². The Morgan fingerprint density at radius 3 is 2.06 bits per heavy atom. The second-order valence-electron chi connectivity index (χ2n) is 6.27. The molecule has 0 aliphatic carbocycles. The van der Waals surface area contributed by atoms with Gasteiger partial charge in [-0.05, 0) is 25.1 Å². The third-order valence-electron chi connectivity index (χ3n) is 4.13. The summed E-state index contributed by atoms with van der Waals surface area (Å²) in [6.07, 6.45) is -11.7. The molecule has 0 aliphatic heterocycles. The van der Waals surface area contributed by atoms with Crippen LogP contribution >= 0.6 is 46.1 Å². The summed E-state index contributed by atoms with van der Waals surface area (Å²) >= 11 is 18.4. The average molecular weight is 573 g/mol. The lowest BCUT2D eigenvalue weighted by Crippen LogP contribution is -2.50. The Morgan fingerprint density at radius 1 is 1.09 bits per heavy atom. The fourth-order valence-electron chi connectivity index (χ4n) is 2.54. The minimum absolute atomic E-state index is 0.0157. The van der Waals surface area contributed by atoms with Gasteiger partial charge in [0.2, 0.25) is 0 Å². The van der Waals surface area contributed by atoms with Gasteiger partial charge in [-0.2, -0.15) is 31.5 Å². The number of hydrogen-bond donors (Lipinski definition) is 2. The van der Waals surface area contributed by atoms with Crippen molar-refractivity contribution in [2.45, 2.75) is 24.9 Å². The van der Waals surface area contributed by atoms with Crippen LogP contribution in [-0.4, -0.2) is 24.9 Å². The zero-order valence-corrected chi connectivity index (χ0v) is 19.6. The van der Waals surface area contributed by atoms with Crippen molar-refractivity contribution in [1.82, 2.24) is 0 Å². The normalized spacial score (nSPS) is 13.1. The quantitative estimate of drug-likeness (QED) is 0.198. The van der Waals surface area contributed by atoms with Gasteiger partial charge in [-0.15, -0.1) is 11.3 Å². The molecule has 2 N–H and O–H groups in total. The minimum Gasteiger partial charge on any atom is -0.462 e. The molecular weight excluding hydrogens is 562 g/mol. The Bertz CT molecular complexity index is 1100. The van der Waals surface area contributed by atoms with E-state index >= 15 is 0 Å². The standard InChI is InChI=1S/C18H11Cl3F7N3O2S/c1-2-33-15(32)8-5-12(34-14(8)21)11(31-29)6-30-13-9(19)3-7(4-10(13)20)16(22,17(23,24)25)18(26,27)28/h3-6,29-30H,2H2,1H3/b11-6-,31-29?. The summed E-state index contributed by atoms with van der Waals surface area (Å²) in [5.74, 6) is -0.738. The third-order valence-corrected chi connectivity index (χ3v) is 6.11. The molecular formula is C18H11Cl3F7N3O2S. The van der Waals surface area contributed by atoms with Gasteiger partial charge in [-0.25, -0.2) is 14.7 Å². The number of alkyl halides is 7. The maximum absolute atomic E-state index is 14.3. The van der Waals surface area contributed by atoms with Gasteiger partial charge in [0.25, 0.3) is 0 Å². The lowest BCUT2D eigenvalue weighted by atomic mass is 9.94. The summed E-state index contributed by atoms with van der Waals surface area (Å²) in [6.45, 7) is 1.64. The van der Waals surface area contributed by atoms with Crippen molar-refractivity contribution in [3.05, 3.63) is 54.8 Å². The van der Waals surface area contributed by atoms with E-state index < -0.39 is 45.3 Å². The second kappa shape index (κ2) is 10.3. The summed E-state index contributed by atoms with van der Waals surface area (Å²) in [6, 6.07) is 1.51. The Hall–Kier alpha value is -2.09. The number of carbonyl (C=O) groups is 1. The number of nitrogens with one attached hydrogen (secondary N) is 2. The Balaban J connectivity index is 2.46. The first-order valence-corrected chi connectivity index (χ1v) is 10.7. The van der Waals surface area contributed by atoms with Crippen molar-refractivity contribution in [2.75, 3.05) is 11.9 Å². The molecule has 1 heterocycles. The van der Waals surface area contributed by atoms with Crippen LogP contribution in [-0.2, 0) is 10.4 Å². The number of nitrogens with zero attached hydrogens (tertiary/aromatic N) is 1. The monoisotopic (exact) mass is 571 g/mol. The molecule has 186 valence electrons. The minimum atomic E-state index is -6.35. The molecule has 0 atom stereocenters. The van der Waals surface area contributed by atoms with Crippen LogP contribution in [0.2, 0.25) is 14.4 Å². The van der Waals surface area contributed by atoms with Gasteiger partial charge in [0.15, 0.2) is 0 Å². The van der Waals surface area contributed by atoms with Gasteiger partial charge in [0.1, 0.15) is 10.0 Å². The number of benzene rings is 1. The SMILES string of the molecule is CCOC(=O)c1cc(/C(=C/Nc2c(Cl)cc(C(F)(C(F)(F)F)C(F)(F)F)cc2Cl)N=N)sc1Cl. The van der Waals surface area contributed by atoms with Gasteiger partial charge in [-0.3, -0.25) is 0 Å². The van der Waals surface area contributed by atoms with Gasteiger partial charge >= 0.3 is 24.0 Å². The van der Waals surface area contributed by atoms with Crippen LogP contribution in [0.25, 0.3) is 5.70 Å². The van der Waals surface area contributed by atoms with E-state index in [2.05, 4.69) is 10.4 Å². The van der Waals surface area contributed by atoms with Crippen molar-refractivity contribution in [1.29, 1.82) is 5.53 Å². The van der Waals surface area contributed by atoms with Crippen LogP contribution in [0.3, 0.4) is 0 Å². The number of hydrogen-bond acceptors (Lipinski definition) is 6. The van der Waals surface area contributed by atoms with Gasteiger partial charge < -0.3 is 10.1 Å². The van der Waals surface area contributed by atoms with E-state index in [0.29, 0.717) is 0 Å². The van der Waals surface area contributed by atoms with E-state index in [9.17, 15) is 35.5 Å². The van der Waals surface area contributed by atoms with E-state index in [4.69, 9.17) is 45.1 Å². The molecule has 0 saturated heterocycles. The molecule has 0 amide bonds. The summed E-state index contributed by atoms with van der Waals surface area (Å²) in [5, 5.41) is 4.05. The average Bonchev–Trinajstić information content (AvgIpc) is 3.09. The van der Waals surface area contributed by atoms with E-state index in [1.54, 1.807) is 6.92 Å².